The van der Waals surface area contributed by atoms with Gasteiger partial charge in [-0.3, -0.25) is 4.79 Å². The minimum atomic E-state index is -0.108. The molecule has 0 fully saturated rings. The van der Waals surface area contributed by atoms with Crippen LogP contribution in [0.15, 0.2) is 48.5 Å². The van der Waals surface area contributed by atoms with Crippen LogP contribution in [-0.4, -0.2) is 5.78 Å². The Kier molecular flexibility index (Phi) is 3.76. The van der Waals surface area contributed by atoms with Crippen molar-refractivity contribution in [2.75, 3.05) is 0 Å². The van der Waals surface area contributed by atoms with E-state index in [4.69, 9.17) is 16.9 Å². The summed E-state index contributed by atoms with van der Waals surface area (Å²) in [7, 11) is 0. The predicted octanol–water partition coefficient (Wildman–Crippen LogP) is 3.64. The molecule has 0 aromatic heterocycles. The van der Waals surface area contributed by atoms with Gasteiger partial charge in [0.1, 0.15) is 0 Å². The molecule has 2 aromatic rings. The third kappa shape index (κ3) is 2.58. The number of nitriles is 1. The highest BCUT2D eigenvalue weighted by Crippen LogP contribution is 2.20. The van der Waals surface area contributed by atoms with Crippen LogP contribution in [0.1, 0.15) is 21.5 Å². The summed E-state index contributed by atoms with van der Waals surface area (Å²) < 4.78 is 0. The van der Waals surface area contributed by atoms with Gasteiger partial charge < -0.3 is 0 Å². The lowest BCUT2D eigenvalue weighted by atomic mass is 9.97. The maximum absolute atomic E-state index is 12.3. The highest BCUT2D eigenvalue weighted by atomic mass is 35.5. The molecular formula is C15H10ClNO. The largest absolute Gasteiger partial charge is 0.289 e. The number of nitrogens with zero attached hydrogens (tertiary/aromatic N) is 1. The standard InChI is InChI=1S/C15H10ClNO/c16-13-7-6-11(8-9-17)14(10-13)15(18)12-4-2-1-3-5-12/h1-7,10H,8H2. The summed E-state index contributed by atoms with van der Waals surface area (Å²) in [5.41, 5.74) is 1.80. The molecule has 0 saturated heterocycles. The molecule has 0 radical (unpaired) electrons. The van der Waals surface area contributed by atoms with E-state index in [1.165, 1.54) is 0 Å². The van der Waals surface area contributed by atoms with Gasteiger partial charge in [-0.05, 0) is 17.7 Å². The van der Waals surface area contributed by atoms with Gasteiger partial charge in [-0.15, -0.1) is 0 Å². The number of hydrogen-bond donors (Lipinski definition) is 0. The predicted molar refractivity (Wildman–Crippen MR) is 70.6 cm³/mol. The Bertz CT molecular complexity index is 614. The van der Waals surface area contributed by atoms with Gasteiger partial charge in [-0.1, -0.05) is 48.0 Å². The molecule has 2 nitrogen and oxygen atoms in total. The number of hydrogen-bond acceptors (Lipinski definition) is 2. The van der Waals surface area contributed by atoms with Crippen molar-refractivity contribution in [2.24, 2.45) is 0 Å². The van der Waals surface area contributed by atoms with E-state index in [1.54, 1.807) is 30.3 Å². The van der Waals surface area contributed by atoms with E-state index >= 15 is 0 Å². The summed E-state index contributed by atoms with van der Waals surface area (Å²) in [4.78, 5) is 12.3. The number of carbonyl (C=O) groups is 1. The van der Waals surface area contributed by atoms with Crippen LogP contribution in [0.5, 0.6) is 0 Å². The van der Waals surface area contributed by atoms with Gasteiger partial charge in [0.05, 0.1) is 12.5 Å². The second-order valence-corrected chi connectivity index (χ2v) is 4.27. The van der Waals surface area contributed by atoms with Crippen LogP contribution in [0.25, 0.3) is 0 Å². The first-order valence-electron chi connectivity index (χ1n) is 5.47. The lowest BCUT2D eigenvalue weighted by Crippen LogP contribution is -2.05. The molecule has 0 unspecified atom stereocenters. The van der Waals surface area contributed by atoms with E-state index in [-0.39, 0.29) is 12.2 Å². The number of halogens is 1. The molecule has 0 atom stereocenters. The van der Waals surface area contributed by atoms with Crippen LogP contribution < -0.4 is 0 Å². The second kappa shape index (κ2) is 5.48. The summed E-state index contributed by atoms with van der Waals surface area (Å²) in [5.74, 6) is -0.108. The third-order valence-electron chi connectivity index (χ3n) is 2.62. The molecule has 0 aliphatic heterocycles. The monoisotopic (exact) mass is 255 g/mol. The average Bonchev–Trinajstić information content (AvgIpc) is 2.41. The Morgan fingerprint density at radius 2 is 1.89 bits per heavy atom. The van der Waals surface area contributed by atoms with Crippen LogP contribution in [0, 0.1) is 11.3 Å². The zero-order valence-electron chi connectivity index (χ0n) is 9.56. The van der Waals surface area contributed by atoms with Crippen LogP contribution in [0.3, 0.4) is 0 Å². The van der Waals surface area contributed by atoms with Crippen molar-refractivity contribution in [3.63, 3.8) is 0 Å². The fourth-order valence-corrected chi connectivity index (χ4v) is 1.92. The van der Waals surface area contributed by atoms with E-state index in [2.05, 4.69) is 6.07 Å². The van der Waals surface area contributed by atoms with Crippen molar-refractivity contribution < 1.29 is 4.79 Å². The van der Waals surface area contributed by atoms with Crippen LogP contribution in [0.4, 0.5) is 0 Å². The maximum Gasteiger partial charge on any atom is 0.193 e. The molecule has 0 saturated carbocycles. The first-order valence-corrected chi connectivity index (χ1v) is 5.85. The number of carbonyl (C=O) groups excluding carboxylic acids is 1. The summed E-state index contributed by atoms with van der Waals surface area (Å²) in [6, 6.07) is 16.0. The molecule has 2 aromatic carbocycles. The Labute approximate surface area is 110 Å². The summed E-state index contributed by atoms with van der Waals surface area (Å²) in [5, 5.41) is 9.27. The molecule has 3 heteroatoms. The molecule has 0 N–H and O–H groups in total. The minimum absolute atomic E-state index is 0.108. The Hall–Kier alpha value is -2.11. The van der Waals surface area contributed by atoms with Crippen molar-refractivity contribution in [1.82, 2.24) is 0 Å². The normalized spacial score (nSPS) is 9.78. The Morgan fingerprint density at radius 1 is 1.17 bits per heavy atom. The topological polar surface area (TPSA) is 40.9 Å². The molecule has 0 heterocycles. The third-order valence-corrected chi connectivity index (χ3v) is 2.86. The Balaban J connectivity index is 2.47. The summed E-state index contributed by atoms with van der Waals surface area (Å²) in [6.45, 7) is 0. The fourth-order valence-electron chi connectivity index (χ4n) is 1.74. The highest BCUT2D eigenvalue weighted by Gasteiger charge is 2.13. The van der Waals surface area contributed by atoms with Crippen LogP contribution >= 0.6 is 11.6 Å². The zero-order chi connectivity index (χ0) is 13.0. The van der Waals surface area contributed by atoms with Crippen molar-refractivity contribution in [3.8, 4) is 6.07 Å². The first kappa shape index (κ1) is 12.3. The summed E-state index contributed by atoms with van der Waals surface area (Å²) in [6.07, 6.45) is 0.199. The second-order valence-electron chi connectivity index (χ2n) is 3.83. The molecular weight excluding hydrogens is 246 g/mol. The molecule has 0 bridgehead atoms. The highest BCUT2D eigenvalue weighted by molar-refractivity contribution is 6.31. The zero-order valence-corrected chi connectivity index (χ0v) is 10.3. The van der Waals surface area contributed by atoms with Gasteiger partial charge in [0.2, 0.25) is 0 Å². The smallest absolute Gasteiger partial charge is 0.193 e. The molecule has 0 aliphatic rings. The SMILES string of the molecule is N#CCc1ccc(Cl)cc1C(=O)c1ccccc1. The molecule has 0 amide bonds. The number of rotatable bonds is 3. The van der Waals surface area contributed by atoms with Crippen LogP contribution in [-0.2, 0) is 6.42 Å². The Morgan fingerprint density at radius 3 is 2.56 bits per heavy atom. The summed E-state index contributed by atoms with van der Waals surface area (Å²) >= 11 is 5.91. The van der Waals surface area contributed by atoms with E-state index in [0.29, 0.717) is 21.7 Å². The first-order chi connectivity index (χ1) is 8.72. The van der Waals surface area contributed by atoms with E-state index in [0.717, 1.165) is 0 Å². The van der Waals surface area contributed by atoms with E-state index in [1.807, 2.05) is 18.2 Å². The van der Waals surface area contributed by atoms with Gasteiger partial charge in [0.25, 0.3) is 0 Å². The van der Waals surface area contributed by atoms with Crippen molar-refractivity contribution in [2.45, 2.75) is 6.42 Å². The molecule has 2 rings (SSSR count). The van der Waals surface area contributed by atoms with Crippen molar-refractivity contribution >= 4 is 17.4 Å². The van der Waals surface area contributed by atoms with Crippen LogP contribution in [0.2, 0.25) is 5.02 Å². The number of benzene rings is 2. The van der Waals surface area contributed by atoms with Gasteiger partial charge in [-0.25, -0.2) is 0 Å². The lowest BCUT2D eigenvalue weighted by molar-refractivity contribution is 0.103. The van der Waals surface area contributed by atoms with E-state index in [9.17, 15) is 4.79 Å². The van der Waals surface area contributed by atoms with Gasteiger partial charge in [-0.2, -0.15) is 5.26 Å². The lowest BCUT2D eigenvalue weighted by Gasteiger charge is -2.06. The van der Waals surface area contributed by atoms with Gasteiger partial charge >= 0.3 is 0 Å². The molecule has 0 spiro atoms. The van der Waals surface area contributed by atoms with E-state index < -0.39 is 0 Å². The van der Waals surface area contributed by atoms with Crippen molar-refractivity contribution in [3.05, 3.63) is 70.2 Å². The molecule has 0 aliphatic carbocycles. The fraction of sp³-hybridized carbons (Fsp3) is 0.0667. The number of ketones is 1. The van der Waals surface area contributed by atoms with Crippen molar-refractivity contribution in [1.29, 1.82) is 5.26 Å². The maximum atomic E-state index is 12.3. The minimum Gasteiger partial charge on any atom is -0.289 e. The molecule has 88 valence electrons. The average molecular weight is 256 g/mol. The van der Waals surface area contributed by atoms with Gasteiger partial charge in [0, 0.05) is 16.1 Å². The molecule has 18 heavy (non-hydrogen) atoms. The quantitative estimate of drug-likeness (QED) is 0.786. The van der Waals surface area contributed by atoms with Gasteiger partial charge in [0.15, 0.2) is 5.78 Å².